The maximum atomic E-state index is 11.2. The Kier molecular flexibility index (Phi) is 5.49. The first kappa shape index (κ1) is 18.1. The van der Waals surface area contributed by atoms with E-state index in [0.29, 0.717) is 10.0 Å². The molecule has 2 rings (SSSR count). The van der Waals surface area contributed by atoms with Crippen molar-refractivity contribution in [2.45, 2.75) is 0 Å². The van der Waals surface area contributed by atoms with Crippen LogP contribution in [0.3, 0.4) is 0 Å². The molecule has 1 N–H and O–H groups in total. The van der Waals surface area contributed by atoms with Gasteiger partial charge in [0, 0.05) is 11.6 Å². The van der Waals surface area contributed by atoms with E-state index in [1.807, 2.05) is 0 Å². The number of benzene rings is 2. The number of hydrogen-bond donors (Lipinski definition) is 1. The van der Waals surface area contributed by atoms with Crippen LogP contribution in [-0.4, -0.2) is 28.4 Å². The highest BCUT2D eigenvalue weighted by atomic mass is 79.9. The lowest BCUT2D eigenvalue weighted by atomic mass is 10.2. The van der Waals surface area contributed by atoms with Gasteiger partial charge in [-0.2, -0.15) is 0 Å². The number of hydrogen-bond acceptors (Lipinski definition) is 8. The fourth-order valence-corrected chi connectivity index (χ4v) is 2.48. The molecule has 0 heterocycles. The molecule has 11 heteroatoms. The minimum atomic E-state index is -0.782. The van der Waals surface area contributed by atoms with Crippen molar-refractivity contribution >= 4 is 33.5 Å². The summed E-state index contributed by atoms with van der Waals surface area (Å²) in [5.74, 6) is 0.129. The van der Waals surface area contributed by atoms with Crippen molar-refractivity contribution in [1.82, 2.24) is 0 Å². The lowest BCUT2D eigenvalue weighted by Crippen LogP contribution is -1.98. The van der Waals surface area contributed by atoms with Crippen LogP contribution in [0.4, 0.5) is 11.4 Å². The monoisotopic (exact) mass is 411 g/mol. The van der Waals surface area contributed by atoms with Crippen LogP contribution in [0.5, 0.6) is 17.2 Å². The molecular formula is C14H10BrN3O7. The minimum Gasteiger partial charge on any atom is -0.493 e. The van der Waals surface area contributed by atoms with Crippen LogP contribution in [0.2, 0.25) is 0 Å². The molecule has 0 unspecified atom stereocenters. The van der Waals surface area contributed by atoms with Crippen molar-refractivity contribution in [2.75, 3.05) is 7.11 Å². The van der Waals surface area contributed by atoms with Crippen molar-refractivity contribution in [3.05, 3.63) is 60.6 Å². The van der Waals surface area contributed by atoms with Gasteiger partial charge in [0.25, 0.3) is 5.69 Å². The van der Waals surface area contributed by atoms with E-state index in [9.17, 15) is 20.2 Å². The topological polar surface area (TPSA) is 137 Å². The third-order valence-corrected chi connectivity index (χ3v) is 3.61. The summed E-state index contributed by atoms with van der Waals surface area (Å²) in [6, 6.07) is 6.05. The van der Waals surface area contributed by atoms with E-state index in [-0.39, 0.29) is 17.2 Å². The van der Waals surface area contributed by atoms with Gasteiger partial charge in [0.1, 0.15) is 0 Å². The Morgan fingerprint density at radius 3 is 2.44 bits per heavy atom. The number of rotatable bonds is 6. The Labute approximate surface area is 148 Å². The van der Waals surface area contributed by atoms with Crippen LogP contribution >= 0.6 is 15.9 Å². The third kappa shape index (κ3) is 4.01. The van der Waals surface area contributed by atoms with Crippen molar-refractivity contribution in [2.24, 2.45) is 5.16 Å². The first-order valence-electron chi connectivity index (χ1n) is 6.53. The Bertz CT molecular complexity index is 870. The fraction of sp³-hybridized carbons (Fsp3) is 0.0714. The maximum absolute atomic E-state index is 11.2. The first-order valence-corrected chi connectivity index (χ1v) is 7.32. The van der Waals surface area contributed by atoms with Crippen LogP contribution in [-0.2, 0) is 0 Å². The zero-order valence-corrected chi connectivity index (χ0v) is 14.2. The minimum absolute atomic E-state index is 0.120. The molecule has 10 nitrogen and oxygen atoms in total. The average Bonchev–Trinajstić information content (AvgIpc) is 2.57. The molecule has 0 aliphatic rings. The highest BCUT2D eigenvalue weighted by molar-refractivity contribution is 9.10. The van der Waals surface area contributed by atoms with Crippen molar-refractivity contribution < 1.29 is 24.5 Å². The van der Waals surface area contributed by atoms with E-state index in [0.717, 1.165) is 24.4 Å². The van der Waals surface area contributed by atoms with Crippen molar-refractivity contribution in [3.8, 4) is 17.2 Å². The molecule has 0 aliphatic carbocycles. The summed E-state index contributed by atoms with van der Waals surface area (Å²) >= 11 is 3.24. The second-order valence-electron chi connectivity index (χ2n) is 4.55. The van der Waals surface area contributed by atoms with Gasteiger partial charge in [-0.1, -0.05) is 5.16 Å². The summed E-state index contributed by atoms with van der Waals surface area (Å²) in [4.78, 5) is 20.4. The normalized spacial score (nSPS) is 10.6. The predicted octanol–water partition coefficient (Wildman–Crippen LogP) is 3.87. The van der Waals surface area contributed by atoms with E-state index in [1.54, 1.807) is 0 Å². The quantitative estimate of drug-likeness (QED) is 0.329. The van der Waals surface area contributed by atoms with Gasteiger partial charge in [0.2, 0.25) is 5.75 Å². The zero-order chi connectivity index (χ0) is 18.6. The zero-order valence-electron chi connectivity index (χ0n) is 12.6. The summed E-state index contributed by atoms with van der Waals surface area (Å²) < 4.78 is 11.1. The van der Waals surface area contributed by atoms with Gasteiger partial charge in [0.15, 0.2) is 11.5 Å². The molecule has 0 fully saturated rings. The van der Waals surface area contributed by atoms with Gasteiger partial charge >= 0.3 is 5.69 Å². The maximum Gasteiger partial charge on any atom is 0.318 e. The Morgan fingerprint density at radius 1 is 1.16 bits per heavy atom. The molecule has 0 saturated carbocycles. The average molecular weight is 412 g/mol. The predicted molar refractivity (Wildman–Crippen MR) is 89.9 cm³/mol. The highest BCUT2D eigenvalue weighted by Crippen LogP contribution is 2.42. The van der Waals surface area contributed by atoms with Crippen molar-refractivity contribution in [3.63, 3.8) is 0 Å². The van der Waals surface area contributed by atoms with Gasteiger partial charge in [0.05, 0.1) is 33.7 Å². The number of methoxy groups -OCH3 is 1. The van der Waals surface area contributed by atoms with Crippen LogP contribution in [0, 0.1) is 20.2 Å². The van der Waals surface area contributed by atoms with Gasteiger partial charge in [-0.15, -0.1) is 0 Å². The highest BCUT2D eigenvalue weighted by Gasteiger charge is 2.23. The smallest absolute Gasteiger partial charge is 0.318 e. The third-order valence-electron chi connectivity index (χ3n) is 3.02. The van der Waals surface area contributed by atoms with Gasteiger partial charge in [-0.05, 0) is 34.1 Å². The number of nitrogens with zero attached hydrogens (tertiary/aromatic N) is 3. The largest absolute Gasteiger partial charge is 0.493 e. The van der Waals surface area contributed by atoms with E-state index in [1.165, 1.54) is 19.2 Å². The van der Waals surface area contributed by atoms with E-state index >= 15 is 0 Å². The molecule has 25 heavy (non-hydrogen) atoms. The number of nitro benzene ring substituents is 2. The Hall–Kier alpha value is -3.21. The molecule has 0 radical (unpaired) electrons. The molecule has 0 atom stereocenters. The molecule has 2 aromatic carbocycles. The molecule has 0 aromatic heterocycles. The number of nitro groups is 2. The molecule has 0 spiro atoms. The summed E-state index contributed by atoms with van der Waals surface area (Å²) in [5, 5.41) is 33.5. The van der Waals surface area contributed by atoms with Crippen LogP contribution in [0.1, 0.15) is 5.56 Å². The van der Waals surface area contributed by atoms with Crippen LogP contribution < -0.4 is 9.47 Å². The van der Waals surface area contributed by atoms with E-state index in [4.69, 9.17) is 14.7 Å². The SMILES string of the molecule is COc1cc(/C=N\O)cc(Br)c1Oc1ccc([N+](=O)[O-])cc1[N+](=O)[O-]. The lowest BCUT2D eigenvalue weighted by Gasteiger charge is -2.13. The van der Waals surface area contributed by atoms with E-state index < -0.39 is 21.2 Å². The summed E-state index contributed by atoms with van der Waals surface area (Å²) in [6.07, 6.45) is 1.16. The molecule has 0 saturated heterocycles. The number of non-ortho nitro benzene ring substituents is 1. The summed E-state index contributed by atoms with van der Waals surface area (Å²) in [5.41, 5.74) is -0.513. The van der Waals surface area contributed by atoms with Crippen LogP contribution in [0.15, 0.2) is 40.0 Å². The van der Waals surface area contributed by atoms with Gasteiger partial charge < -0.3 is 14.7 Å². The Morgan fingerprint density at radius 2 is 1.88 bits per heavy atom. The number of oxime groups is 1. The summed E-state index contributed by atoms with van der Waals surface area (Å²) in [7, 11) is 1.36. The second kappa shape index (κ2) is 7.57. The lowest BCUT2D eigenvalue weighted by molar-refractivity contribution is -0.394. The standard InChI is InChI=1S/C14H10BrN3O7/c1-24-13-5-8(7-16-19)4-10(15)14(13)25-12-3-2-9(17(20)21)6-11(12)18(22)23/h2-7,19H,1H3/b16-7-. The van der Waals surface area contributed by atoms with E-state index in [2.05, 4.69) is 21.1 Å². The number of ether oxygens (including phenoxy) is 2. The molecule has 130 valence electrons. The first-order chi connectivity index (χ1) is 11.9. The Balaban J connectivity index is 2.52. The molecular weight excluding hydrogens is 402 g/mol. The number of halogens is 1. The van der Waals surface area contributed by atoms with Crippen molar-refractivity contribution in [1.29, 1.82) is 0 Å². The van der Waals surface area contributed by atoms with Crippen LogP contribution in [0.25, 0.3) is 0 Å². The molecule has 0 bridgehead atoms. The summed E-state index contributed by atoms with van der Waals surface area (Å²) in [6.45, 7) is 0. The second-order valence-corrected chi connectivity index (χ2v) is 5.40. The molecule has 2 aromatic rings. The van der Waals surface area contributed by atoms with Gasteiger partial charge in [-0.3, -0.25) is 20.2 Å². The fourth-order valence-electron chi connectivity index (χ4n) is 1.94. The van der Waals surface area contributed by atoms with Gasteiger partial charge in [-0.25, -0.2) is 0 Å². The molecule has 0 amide bonds. The molecule has 0 aliphatic heterocycles.